The Hall–Kier alpha value is -2.49. The van der Waals surface area contributed by atoms with Gasteiger partial charge in [0.25, 0.3) is 5.91 Å². The van der Waals surface area contributed by atoms with Gasteiger partial charge in [0.2, 0.25) is 0 Å². The zero-order valence-corrected chi connectivity index (χ0v) is 10.9. The van der Waals surface area contributed by atoms with Gasteiger partial charge in [0.05, 0.1) is 11.4 Å². The lowest BCUT2D eigenvalue weighted by molar-refractivity contribution is 0.0954. The number of carbonyl (C=O) groups is 1. The van der Waals surface area contributed by atoms with Crippen molar-refractivity contribution in [2.45, 2.75) is 13.8 Å². The fourth-order valence-electron chi connectivity index (χ4n) is 1.62. The first kappa shape index (κ1) is 13.0. The van der Waals surface area contributed by atoms with Crippen LogP contribution in [-0.4, -0.2) is 16.6 Å². The fraction of sp³-hybridized carbons (Fsp3) is 0.133. The van der Waals surface area contributed by atoms with E-state index in [1.165, 1.54) is 0 Å². The minimum atomic E-state index is -0.223. The lowest BCUT2D eigenvalue weighted by Crippen LogP contribution is -2.19. The summed E-state index contributed by atoms with van der Waals surface area (Å²) in [5.41, 5.74) is 5.58. The van der Waals surface area contributed by atoms with E-state index in [9.17, 15) is 4.79 Å². The molecule has 1 aromatic heterocycles. The number of nitrogens with zero attached hydrogens (tertiary/aromatic N) is 2. The van der Waals surface area contributed by atoms with Crippen LogP contribution in [0.3, 0.4) is 0 Å². The second-order valence-electron chi connectivity index (χ2n) is 4.22. The third kappa shape index (κ3) is 3.48. The second-order valence-corrected chi connectivity index (χ2v) is 4.22. The maximum Gasteiger partial charge on any atom is 0.271 e. The Morgan fingerprint density at radius 2 is 2.05 bits per heavy atom. The minimum Gasteiger partial charge on any atom is -0.267 e. The molecule has 1 amide bonds. The quantitative estimate of drug-likeness (QED) is 0.675. The number of amides is 1. The van der Waals surface area contributed by atoms with Crippen molar-refractivity contribution in [1.82, 2.24) is 10.4 Å². The highest BCUT2D eigenvalue weighted by Crippen LogP contribution is 2.03. The van der Waals surface area contributed by atoms with E-state index in [4.69, 9.17) is 0 Å². The molecular weight excluding hydrogens is 238 g/mol. The van der Waals surface area contributed by atoms with Crippen molar-refractivity contribution >= 4 is 11.6 Å². The van der Waals surface area contributed by atoms with E-state index in [1.54, 1.807) is 19.2 Å². The predicted molar refractivity (Wildman–Crippen MR) is 75.1 cm³/mol. The van der Waals surface area contributed by atoms with E-state index in [-0.39, 0.29) is 5.91 Å². The van der Waals surface area contributed by atoms with Crippen LogP contribution in [0.1, 0.15) is 28.5 Å². The third-order valence-corrected chi connectivity index (χ3v) is 2.64. The molecule has 96 valence electrons. The summed E-state index contributed by atoms with van der Waals surface area (Å²) in [6.07, 6.45) is 1.69. The number of benzene rings is 1. The molecule has 0 fully saturated rings. The summed E-state index contributed by atoms with van der Waals surface area (Å²) in [5.74, 6) is -0.223. The number of hydrogen-bond acceptors (Lipinski definition) is 3. The Morgan fingerprint density at radius 1 is 1.21 bits per heavy atom. The first-order valence-corrected chi connectivity index (χ1v) is 5.99. The number of nitrogens with one attached hydrogen (secondary N) is 1. The predicted octanol–water partition coefficient (Wildman–Crippen LogP) is 2.54. The van der Waals surface area contributed by atoms with E-state index >= 15 is 0 Å². The zero-order valence-electron chi connectivity index (χ0n) is 10.9. The number of aromatic nitrogens is 1. The minimum absolute atomic E-state index is 0.223. The summed E-state index contributed by atoms with van der Waals surface area (Å²) in [6.45, 7) is 3.75. The van der Waals surface area contributed by atoms with Crippen molar-refractivity contribution in [3.63, 3.8) is 0 Å². The summed E-state index contributed by atoms with van der Waals surface area (Å²) in [7, 11) is 0. The molecule has 0 bridgehead atoms. The van der Waals surface area contributed by atoms with E-state index in [1.807, 2.05) is 43.3 Å². The Bertz CT molecular complexity index is 606. The van der Waals surface area contributed by atoms with Gasteiger partial charge in [-0.2, -0.15) is 5.10 Å². The lowest BCUT2D eigenvalue weighted by Gasteiger charge is -2.03. The number of carbonyl (C=O) groups excluding carboxylic acids is 1. The molecule has 2 aromatic rings. The largest absolute Gasteiger partial charge is 0.271 e. The molecule has 4 nitrogen and oxygen atoms in total. The molecule has 0 atom stereocenters. The summed E-state index contributed by atoms with van der Waals surface area (Å²) in [4.78, 5) is 16.1. The molecule has 0 aliphatic rings. The fourth-order valence-corrected chi connectivity index (χ4v) is 1.62. The van der Waals surface area contributed by atoms with Crippen LogP contribution < -0.4 is 5.43 Å². The van der Waals surface area contributed by atoms with Crippen molar-refractivity contribution in [2.24, 2.45) is 5.10 Å². The Morgan fingerprint density at radius 3 is 2.74 bits per heavy atom. The molecule has 2 rings (SSSR count). The van der Waals surface area contributed by atoms with Gasteiger partial charge in [-0.1, -0.05) is 23.8 Å². The number of hydrazone groups is 1. The van der Waals surface area contributed by atoms with Crippen molar-refractivity contribution in [3.8, 4) is 0 Å². The molecule has 0 aliphatic heterocycles. The summed E-state index contributed by atoms with van der Waals surface area (Å²) >= 11 is 0. The van der Waals surface area contributed by atoms with Gasteiger partial charge in [0.1, 0.15) is 0 Å². The van der Waals surface area contributed by atoms with E-state index in [0.29, 0.717) is 11.3 Å². The average molecular weight is 253 g/mol. The highest BCUT2D eigenvalue weighted by atomic mass is 16.2. The number of hydrogen-bond donors (Lipinski definition) is 1. The van der Waals surface area contributed by atoms with Crippen LogP contribution in [0.15, 0.2) is 53.8 Å². The Balaban J connectivity index is 2.08. The molecule has 0 spiro atoms. The highest BCUT2D eigenvalue weighted by molar-refractivity contribution is 5.99. The molecule has 4 heteroatoms. The number of pyridine rings is 1. The van der Waals surface area contributed by atoms with Crippen LogP contribution in [0.2, 0.25) is 0 Å². The van der Waals surface area contributed by atoms with Gasteiger partial charge in [-0.3, -0.25) is 9.78 Å². The first-order valence-electron chi connectivity index (χ1n) is 5.99. The molecule has 0 saturated heterocycles. The molecule has 1 heterocycles. The number of rotatable bonds is 3. The third-order valence-electron chi connectivity index (χ3n) is 2.64. The van der Waals surface area contributed by atoms with E-state index < -0.39 is 0 Å². The lowest BCUT2D eigenvalue weighted by atomic mass is 10.1. The average Bonchev–Trinajstić information content (AvgIpc) is 2.45. The topological polar surface area (TPSA) is 54.4 Å². The van der Waals surface area contributed by atoms with Gasteiger partial charge in [0.15, 0.2) is 0 Å². The molecule has 0 radical (unpaired) electrons. The monoisotopic (exact) mass is 253 g/mol. The second kappa shape index (κ2) is 5.91. The van der Waals surface area contributed by atoms with Crippen LogP contribution in [-0.2, 0) is 0 Å². The van der Waals surface area contributed by atoms with E-state index in [2.05, 4.69) is 15.5 Å². The van der Waals surface area contributed by atoms with Gasteiger partial charge in [0, 0.05) is 11.8 Å². The standard InChI is InChI=1S/C15H15N3O/c1-11-6-5-7-13(10-11)15(19)18-17-12(2)14-8-3-4-9-16-14/h3-10H,1-2H3,(H,18,19)/b17-12+. The van der Waals surface area contributed by atoms with Crippen LogP contribution in [0.4, 0.5) is 0 Å². The zero-order chi connectivity index (χ0) is 13.7. The molecule has 0 unspecified atom stereocenters. The van der Waals surface area contributed by atoms with Crippen LogP contribution in [0.25, 0.3) is 0 Å². The SMILES string of the molecule is C/C(=N\NC(=O)c1cccc(C)c1)c1ccccn1. The van der Waals surface area contributed by atoms with E-state index in [0.717, 1.165) is 11.3 Å². The van der Waals surface area contributed by atoms with Gasteiger partial charge in [-0.05, 0) is 38.1 Å². The normalized spacial score (nSPS) is 11.2. The smallest absolute Gasteiger partial charge is 0.267 e. The molecule has 0 aliphatic carbocycles. The van der Waals surface area contributed by atoms with Gasteiger partial charge < -0.3 is 0 Å². The van der Waals surface area contributed by atoms with Crippen molar-refractivity contribution < 1.29 is 4.79 Å². The first-order chi connectivity index (χ1) is 9.16. The Labute approximate surface area is 112 Å². The van der Waals surface area contributed by atoms with Crippen molar-refractivity contribution in [3.05, 3.63) is 65.5 Å². The summed E-state index contributed by atoms with van der Waals surface area (Å²) < 4.78 is 0. The van der Waals surface area contributed by atoms with Crippen molar-refractivity contribution in [2.75, 3.05) is 0 Å². The molecule has 19 heavy (non-hydrogen) atoms. The number of aryl methyl sites for hydroxylation is 1. The van der Waals surface area contributed by atoms with Gasteiger partial charge in [-0.15, -0.1) is 0 Å². The highest BCUT2D eigenvalue weighted by Gasteiger charge is 2.04. The maximum atomic E-state index is 11.9. The van der Waals surface area contributed by atoms with Gasteiger partial charge in [-0.25, -0.2) is 5.43 Å². The summed E-state index contributed by atoms with van der Waals surface area (Å²) in [5, 5.41) is 4.05. The van der Waals surface area contributed by atoms with Gasteiger partial charge >= 0.3 is 0 Å². The molecule has 0 saturated carbocycles. The van der Waals surface area contributed by atoms with Crippen LogP contribution in [0, 0.1) is 6.92 Å². The van der Waals surface area contributed by atoms with Crippen molar-refractivity contribution in [1.29, 1.82) is 0 Å². The molecule has 1 N–H and O–H groups in total. The van der Waals surface area contributed by atoms with Crippen LogP contribution >= 0.6 is 0 Å². The Kier molecular flexibility index (Phi) is 4.03. The summed E-state index contributed by atoms with van der Waals surface area (Å²) in [6, 6.07) is 12.9. The molecular formula is C15H15N3O. The van der Waals surface area contributed by atoms with Crippen LogP contribution in [0.5, 0.6) is 0 Å². The maximum absolute atomic E-state index is 11.9. The molecule has 1 aromatic carbocycles.